The summed E-state index contributed by atoms with van der Waals surface area (Å²) in [6.07, 6.45) is 20.7. The summed E-state index contributed by atoms with van der Waals surface area (Å²) >= 11 is 1.30. The number of unbranched alkanes of at least 4 members (excludes halogenated alkanes) is 13. The Morgan fingerprint density at radius 1 is 0.657 bits per heavy atom. The molecule has 6 heteroatoms. The molecule has 0 aromatic carbocycles. The zero-order valence-electron chi connectivity index (χ0n) is 24.0. The highest BCUT2D eigenvalue weighted by Crippen LogP contribution is 2.28. The molecule has 1 unspecified atom stereocenters. The Bertz CT molecular complexity index is 509. The minimum Gasteiger partial charge on any atom is -0.395 e. The average Bonchev–Trinajstić information content (AvgIpc) is 2.83. The van der Waals surface area contributed by atoms with Crippen molar-refractivity contribution in [1.29, 1.82) is 0 Å². The molecule has 0 N–H and O–H groups in total. The number of thioether (sulfide) groups is 1. The van der Waals surface area contributed by atoms with E-state index in [4.69, 9.17) is 8.85 Å². The van der Waals surface area contributed by atoms with Gasteiger partial charge in [-0.15, -0.1) is 0 Å². The van der Waals surface area contributed by atoms with Crippen LogP contribution in [0.1, 0.15) is 143 Å². The van der Waals surface area contributed by atoms with E-state index in [-0.39, 0.29) is 16.1 Å². The van der Waals surface area contributed by atoms with Gasteiger partial charge in [0, 0.05) is 24.9 Å². The molecular weight excluding hydrogens is 472 g/mol. The Morgan fingerprint density at radius 3 is 1.60 bits per heavy atom. The highest BCUT2D eigenvalue weighted by atomic mass is 32.2. The third-order valence-electron chi connectivity index (χ3n) is 6.71. The fourth-order valence-corrected chi connectivity index (χ4v) is 8.28. The van der Waals surface area contributed by atoms with Crippen LogP contribution in [0.3, 0.4) is 0 Å². The van der Waals surface area contributed by atoms with Crippen molar-refractivity contribution in [2.45, 2.75) is 161 Å². The molecule has 0 aromatic heterocycles. The van der Waals surface area contributed by atoms with Crippen LogP contribution in [-0.2, 0) is 18.4 Å². The van der Waals surface area contributed by atoms with Crippen molar-refractivity contribution in [2.75, 3.05) is 13.2 Å². The summed E-state index contributed by atoms with van der Waals surface area (Å²) in [6.45, 7) is 12.0. The quantitative estimate of drug-likeness (QED) is 0.0633. The van der Waals surface area contributed by atoms with Gasteiger partial charge in [0.2, 0.25) is 5.78 Å². The molecule has 1 atom stereocenters. The Hall–Kier alpha value is -0.173. The zero-order valence-corrected chi connectivity index (χ0v) is 25.8. The van der Waals surface area contributed by atoms with E-state index in [0.717, 1.165) is 38.1 Å². The van der Waals surface area contributed by atoms with Crippen LogP contribution < -0.4 is 0 Å². The summed E-state index contributed by atoms with van der Waals surface area (Å²) in [4.78, 5) is 25.2. The summed E-state index contributed by atoms with van der Waals surface area (Å²) in [5.74, 6) is -0.180. The second-order valence-electron chi connectivity index (χ2n) is 10.1. The van der Waals surface area contributed by atoms with E-state index < -0.39 is 8.56 Å². The Kier molecular flexibility index (Phi) is 24.1. The first-order chi connectivity index (χ1) is 16.9. The fraction of sp³-hybridized carbons (Fsp3) is 0.931. The van der Waals surface area contributed by atoms with Crippen molar-refractivity contribution in [2.24, 2.45) is 0 Å². The number of hydrogen-bond acceptors (Lipinski definition) is 5. The molecule has 4 nitrogen and oxygen atoms in total. The van der Waals surface area contributed by atoms with E-state index in [9.17, 15) is 9.59 Å². The van der Waals surface area contributed by atoms with E-state index in [1.807, 2.05) is 13.8 Å². The van der Waals surface area contributed by atoms with Gasteiger partial charge < -0.3 is 8.85 Å². The molecule has 0 saturated heterocycles. The number of carbonyl (C=O) groups excluding carboxylic acids is 2. The third kappa shape index (κ3) is 20.6. The van der Waals surface area contributed by atoms with Crippen LogP contribution in [0.4, 0.5) is 0 Å². The van der Waals surface area contributed by atoms with Gasteiger partial charge in [-0.1, -0.05) is 116 Å². The first-order valence-electron chi connectivity index (χ1n) is 14.9. The molecule has 0 saturated carbocycles. The van der Waals surface area contributed by atoms with E-state index in [1.165, 1.54) is 88.8 Å². The highest BCUT2D eigenvalue weighted by Gasteiger charge is 2.32. The van der Waals surface area contributed by atoms with Crippen molar-refractivity contribution >= 4 is 31.2 Å². The number of ketones is 1. The predicted octanol–water partition coefficient (Wildman–Crippen LogP) is 9.39. The minimum absolute atomic E-state index is 0.180. The summed E-state index contributed by atoms with van der Waals surface area (Å²) in [5.41, 5.74) is 0. The number of hydrogen-bond donors (Lipinski definition) is 0. The second-order valence-corrected chi connectivity index (χ2v) is 14.7. The molecule has 0 aliphatic heterocycles. The van der Waals surface area contributed by atoms with E-state index >= 15 is 0 Å². The van der Waals surface area contributed by atoms with Crippen LogP contribution in [-0.4, -0.2) is 37.9 Å². The molecule has 0 radical (unpaired) electrons. The molecule has 0 heterocycles. The lowest BCUT2D eigenvalue weighted by molar-refractivity contribution is -0.131. The van der Waals surface area contributed by atoms with Gasteiger partial charge in [-0.05, 0) is 45.7 Å². The first kappa shape index (κ1) is 34.8. The maximum atomic E-state index is 12.7. The van der Waals surface area contributed by atoms with Gasteiger partial charge >= 0.3 is 8.56 Å². The molecule has 0 rings (SSSR count). The molecular formula is C29H58O4SSi. The lowest BCUT2D eigenvalue weighted by atomic mass is 10.1. The Labute approximate surface area is 223 Å². The maximum absolute atomic E-state index is 12.7. The Balaban J connectivity index is 4.42. The zero-order chi connectivity index (χ0) is 26.2. The lowest BCUT2D eigenvalue weighted by Crippen LogP contribution is -2.39. The van der Waals surface area contributed by atoms with Gasteiger partial charge in [-0.3, -0.25) is 9.59 Å². The molecule has 0 fully saturated rings. The van der Waals surface area contributed by atoms with Gasteiger partial charge in [-0.25, -0.2) is 0 Å². The van der Waals surface area contributed by atoms with Crippen molar-refractivity contribution in [3.63, 3.8) is 0 Å². The van der Waals surface area contributed by atoms with Gasteiger partial charge in [0.25, 0.3) is 5.12 Å². The molecule has 208 valence electrons. The summed E-state index contributed by atoms with van der Waals surface area (Å²) in [6, 6.07) is 0.876. The third-order valence-corrected chi connectivity index (χ3v) is 11.0. The monoisotopic (exact) mass is 530 g/mol. The van der Waals surface area contributed by atoms with Crippen LogP contribution in [0.25, 0.3) is 0 Å². The fourth-order valence-electron chi connectivity index (χ4n) is 4.55. The summed E-state index contributed by atoms with van der Waals surface area (Å²) in [7, 11) is -2.21. The lowest BCUT2D eigenvalue weighted by Gasteiger charge is -2.27. The van der Waals surface area contributed by atoms with E-state index in [1.54, 1.807) is 0 Å². The van der Waals surface area contributed by atoms with Crippen LogP contribution >= 0.6 is 11.8 Å². The van der Waals surface area contributed by atoms with E-state index in [2.05, 4.69) is 20.4 Å². The van der Waals surface area contributed by atoms with Gasteiger partial charge in [0.05, 0.1) is 0 Å². The van der Waals surface area contributed by atoms with Crippen molar-refractivity contribution in [1.82, 2.24) is 0 Å². The topological polar surface area (TPSA) is 52.6 Å². The first-order valence-corrected chi connectivity index (χ1v) is 18.3. The average molecular weight is 531 g/mol. The van der Waals surface area contributed by atoms with Crippen LogP contribution in [0.2, 0.25) is 12.6 Å². The number of rotatable bonds is 26. The van der Waals surface area contributed by atoms with Crippen LogP contribution in [0.15, 0.2) is 0 Å². The predicted molar refractivity (Wildman–Crippen MR) is 156 cm³/mol. The van der Waals surface area contributed by atoms with Crippen molar-refractivity contribution in [3.05, 3.63) is 0 Å². The van der Waals surface area contributed by atoms with Gasteiger partial charge in [0.1, 0.15) is 0 Å². The van der Waals surface area contributed by atoms with Crippen LogP contribution in [0.5, 0.6) is 0 Å². The molecule has 0 bridgehead atoms. The number of carbonyl (C=O) groups is 2. The summed E-state index contributed by atoms with van der Waals surface area (Å²) in [5, 5.41) is -0.0378. The van der Waals surface area contributed by atoms with Crippen LogP contribution in [0, 0.1) is 0 Å². The molecule has 0 aromatic rings. The normalized spacial score (nSPS) is 12.7. The maximum Gasteiger partial charge on any atom is 0.334 e. The van der Waals surface area contributed by atoms with Crippen molar-refractivity contribution in [3.8, 4) is 0 Å². The summed E-state index contributed by atoms with van der Waals surface area (Å²) < 4.78 is 12.0. The van der Waals surface area contributed by atoms with Crippen molar-refractivity contribution < 1.29 is 18.4 Å². The standard InChI is InChI=1S/C29H58O4SSi/c1-6-10-12-14-15-16-17-18-20-22-24-28(30)29(31)34-27(23-21-19-13-11-7-2)25-26-35(5,32-8-3)33-9-4/h27H,6-26H2,1-5H3. The van der Waals surface area contributed by atoms with Gasteiger partial charge in [-0.2, -0.15) is 0 Å². The smallest absolute Gasteiger partial charge is 0.334 e. The molecule has 0 spiro atoms. The molecule has 35 heavy (non-hydrogen) atoms. The number of Topliss-reactive ketones (excluding diaryl/α,β-unsaturated/α-hetero) is 1. The van der Waals surface area contributed by atoms with Gasteiger partial charge in [0.15, 0.2) is 0 Å². The minimum atomic E-state index is -2.21. The highest BCUT2D eigenvalue weighted by molar-refractivity contribution is 8.15. The molecule has 0 aliphatic carbocycles. The second kappa shape index (κ2) is 24.2. The Morgan fingerprint density at radius 2 is 1.11 bits per heavy atom. The molecule has 0 aliphatic rings. The molecule has 0 amide bonds. The van der Waals surface area contributed by atoms with E-state index in [0.29, 0.717) is 19.6 Å². The largest absolute Gasteiger partial charge is 0.395 e. The SMILES string of the molecule is CCCCCCCCCCCCC(=O)C(=O)SC(CCCCCCC)CC[Si](C)(OCC)OCC.